The van der Waals surface area contributed by atoms with Crippen molar-refractivity contribution in [2.45, 2.75) is 31.6 Å². The molecule has 2 aliphatic rings. The molecule has 1 aliphatic carbocycles. The van der Waals surface area contributed by atoms with Crippen molar-refractivity contribution >= 4 is 7.92 Å². The molecular formula is C10H14P. The lowest BCUT2D eigenvalue weighted by Gasteiger charge is -2.45. The van der Waals surface area contributed by atoms with Gasteiger partial charge >= 0.3 is 0 Å². The lowest BCUT2D eigenvalue weighted by molar-refractivity contribution is 0.707. The fourth-order valence-corrected chi connectivity index (χ4v) is 5.16. The van der Waals surface area contributed by atoms with E-state index in [0.717, 1.165) is 11.3 Å². The van der Waals surface area contributed by atoms with Gasteiger partial charge in [-0.25, -0.2) is 0 Å². The van der Waals surface area contributed by atoms with Gasteiger partial charge in [-0.3, -0.25) is 0 Å². The standard InChI is InChI=1S/C10H14P/c1-8-7-9(2)11(8)10-5-3-4-6-10/h3-6,8-9H,7H2,1-2H3/t8-,9?,11?/m1/s1. The number of rotatable bonds is 1. The minimum absolute atomic E-state index is 0.222. The van der Waals surface area contributed by atoms with Gasteiger partial charge in [0.2, 0.25) is 0 Å². The molecule has 1 saturated carbocycles. The first-order chi connectivity index (χ1) is 5.29. The van der Waals surface area contributed by atoms with E-state index in [-0.39, 0.29) is 7.92 Å². The summed E-state index contributed by atoms with van der Waals surface area (Å²) in [6.45, 7) is 4.78. The molecule has 0 amide bonds. The molecule has 0 spiro atoms. The third-order valence-electron chi connectivity index (χ3n) is 2.58. The fraction of sp³-hybridized carbons (Fsp3) is 0.500. The predicted molar refractivity (Wildman–Crippen MR) is 50.9 cm³/mol. The molecule has 0 aromatic carbocycles. The molecule has 1 heteroatoms. The van der Waals surface area contributed by atoms with Crippen molar-refractivity contribution in [3.05, 3.63) is 31.3 Å². The molecule has 1 heterocycles. The summed E-state index contributed by atoms with van der Waals surface area (Å²) in [5.41, 5.74) is 3.57. The molecule has 0 aromatic rings. The Labute approximate surface area is 71.5 Å². The molecule has 0 N–H and O–H groups in total. The van der Waals surface area contributed by atoms with Crippen LogP contribution < -0.4 is 0 Å². The summed E-state index contributed by atoms with van der Waals surface area (Å²) < 4.78 is 0. The van der Waals surface area contributed by atoms with Gasteiger partial charge in [-0.1, -0.05) is 21.8 Å². The van der Waals surface area contributed by atoms with Crippen LogP contribution in [0.3, 0.4) is 0 Å². The highest BCUT2D eigenvalue weighted by Gasteiger charge is 2.40. The van der Waals surface area contributed by atoms with Crippen molar-refractivity contribution in [3.63, 3.8) is 0 Å². The highest BCUT2D eigenvalue weighted by Crippen LogP contribution is 2.68. The normalized spacial score (nSPS) is 45.8. The maximum atomic E-state index is 2.39. The quantitative estimate of drug-likeness (QED) is 0.524. The second kappa shape index (κ2) is 3.05. The van der Waals surface area contributed by atoms with Crippen LogP contribution in [0.15, 0.2) is 0 Å². The van der Waals surface area contributed by atoms with E-state index in [1.54, 1.807) is 5.66 Å². The van der Waals surface area contributed by atoms with Crippen LogP contribution in [0.2, 0.25) is 0 Å². The third-order valence-corrected chi connectivity index (χ3v) is 5.79. The van der Waals surface area contributed by atoms with Crippen LogP contribution in [-0.2, 0) is 0 Å². The molecular weight excluding hydrogens is 151 g/mol. The summed E-state index contributed by atoms with van der Waals surface area (Å²) in [5.74, 6) is 0. The Morgan fingerprint density at radius 1 is 1.18 bits per heavy atom. The smallest absolute Gasteiger partial charge is 0.00801 e. The van der Waals surface area contributed by atoms with Crippen molar-refractivity contribution in [3.8, 4) is 0 Å². The molecule has 2 unspecified atom stereocenters. The van der Waals surface area contributed by atoms with Crippen LogP contribution in [-0.4, -0.2) is 11.3 Å². The molecule has 1 aliphatic heterocycles. The van der Waals surface area contributed by atoms with E-state index in [1.165, 1.54) is 6.42 Å². The molecule has 3 atom stereocenters. The highest BCUT2D eigenvalue weighted by atomic mass is 31.1. The van der Waals surface area contributed by atoms with Crippen molar-refractivity contribution in [2.75, 3.05) is 0 Å². The topological polar surface area (TPSA) is 0 Å². The van der Waals surface area contributed by atoms with Gasteiger partial charge in [-0.15, -0.1) is 0 Å². The minimum Gasteiger partial charge on any atom is -0.0929 e. The number of hydrogen-bond donors (Lipinski definition) is 0. The summed E-state index contributed by atoms with van der Waals surface area (Å²) in [7, 11) is 0.222. The molecule has 0 bridgehead atoms. The summed E-state index contributed by atoms with van der Waals surface area (Å²) >= 11 is 0. The molecule has 2 fully saturated rings. The number of hydrogen-bond acceptors (Lipinski definition) is 0. The van der Waals surface area contributed by atoms with Gasteiger partial charge in [-0.2, -0.15) is 0 Å². The first-order valence-corrected chi connectivity index (χ1v) is 5.77. The lowest BCUT2D eigenvalue weighted by Crippen LogP contribution is -2.27. The average Bonchev–Trinajstić information content (AvgIpc) is 2.39. The first-order valence-electron chi connectivity index (χ1n) is 4.29. The van der Waals surface area contributed by atoms with Crippen molar-refractivity contribution in [1.82, 2.24) is 0 Å². The van der Waals surface area contributed by atoms with Crippen LogP contribution >= 0.6 is 7.92 Å². The van der Waals surface area contributed by atoms with Crippen LogP contribution in [0.5, 0.6) is 0 Å². The predicted octanol–water partition coefficient (Wildman–Crippen LogP) is 3.01. The monoisotopic (exact) mass is 165 g/mol. The van der Waals surface area contributed by atoms with E-state index in [9.17, 15) is 0 Å². The van der Waals surface area contributed by atoms with Crippen molar-refractivity contribution in [2.24, 2.45) is 0 Å². The Balaban J connectivity index is 1.92. The summed E-state index contributed by atoms with van der Waals surface area (Å²) in [4.78, 5) is 0. The SMILES string of the molecule is CC1C[C@@H](C)P1[C]1[CH][CH][CH][CH]1. The molecule has 0 nitrogen and oxygen atoms in total. The van der Waals surface area contributed by atoms with Gasteiger partial charge in [0.25, 0.3) is 0 Å². The molecule has 2 rings (SSSR count). The van der Waals surface area contributed by atoms with E-state index in [4.69, 9.17) is 0 Å². The zero-order chi connectivity index (χ0) is 7.84. The van der Waals surface area contributed by atoms with Crippen molar-refractivity contribution in [1.29, 1.82) is 0 Å². The zero-order valence-electron chi connectivity index (χ0n) is 7.12. The molecule has 5 radical (unpaired) electrons. The summed E-state index contributed by atoms with van der Waals surface area (Å²) in [5, 5.41) is 0. The first kappa shape index (κ1) is 8.05. The molecule has 1 saturated heterocycles. The Morgan fingerprint density at radius 3 is 2.18 bits per heavy atom. The van der Waals surface area contributed by atoms with Crippen LogP contribution in [0.1, 0.15) is 20.3 Å². The third kappa shape index (κ3) is 1.35. The van der Waals surface area contributed by atoms with Gasteiger partial charge < -0.3 is 0 Å². The molecule has 0 aromatic heterocycles. The van der Waals surface area contributed by atoms with E-state index >= 15 is 0 Å². The summed E-state index contributed by atoms with van der Waals surface area (Å²) in [6, 6.07) is 0. The second-order valence-corrected chi connectivity index (χ2v) is 6.58. The van der Waals surface area contributed by atoms with Gasteiger partial charge in [-0.05, 0) is 43.4 Å². The van der Waals surface area contributed by atoms with Crippen LogP contribution in [0.4, 0.5) is 0 Å². The minimum atomic E-state index is 0.222. The Kier molecular flexibility index (Phi) is 2.23. The van der Waals surface area contributed by atoms with Crippen LogP contribution in [0.25, 0.3) is 0 Å². The van der Waals surface area contributed by atoms with Gasteiger partial charge in [0.15, 0.2) is 0 Å². The summed E-state index contributed by atoms with van der Waals surface area (Å²) in [6.07, 6.45) is 10.3. The van der Waals surface area contributed by atoms with E-state index in [0.29, 0.717) is 0 Å². The van der Waals surface area contributed by atoms with Crippen molar-refractivity contribution < 1.29 is 0 Å². The Bertz CT molecular complexity index is 130. The maximum Gasteiger partial charge on any atom is 0.00801 e. The fourth-order valence-electron chi connectivity index (χ4n) is 2.06. The van der Waals surface area contributed by atoms with Gasteiger partial charge in [0.05, 0.1) is 0 Å². The lowest BCUT2D eigenvalue weighted by atomic mass is 10.2. The van der Waals surface area contributed by atoms with E-state index in [1.807, 2.05) is 0 Å². The van der Waals surface area contributed by atoms with Crippen LogP contribution in [0, 0.1) is 31.3 Å². The maximum absolute atomic E-state index is 2.39. The Morgan fingerprint density at radius 2 is 1.73 bits per heavy atom. The Hall–Kier alpha value is 0.430. The molecule has 11 heavy (non-hydrogen) atoms. The van der Waals surface area contributed by atoms with E-state index in [2.05, 4.69) is 39.5 Å². The van der Waals surface area contributed by atoms with E-state index < -0.39 is 0 Å². The second-order valence-electron chi connectivity index (χ2n) is 3.48. The average molecular weight is 165 g/mol. The zero-order valence-corrected chi connectivity index (χ0v) is 8.01. The highest BCUT2D eigenvalue weighted by molar-refractivity contribution is 7.64. The largest absolute Gasteiger partial charge is 0.0929 e. The van der Waals surface area contributed by atoms with Gasteiger partial charge in [0.1, 0.15) is 0 Å². The van der Waals surface area contributed by atoms with Gasteiger partial charge in [0, 0.05) is 5.66 Å². The molecule has 59 valence electrons.